The fourth-order valence-corrected chi connectivity index (χ4v) is 1.50. The zero-order valence-electron chi connectivity index (χ0n) is 10.6. The summed E-state index contributed by atoms with van der Waals surface area (Å²) in [6.45, 7) is 9.11. The van der Waals surface area contributed by atoms with Gasteiger partial charge in [0.2, 0.25) is 0 Å². The fraction of sp³-hybridized carbons (Fsp3) is 0.357. The second-order valence-corrected chi connectivity index (χ2v) is 3.43. The van der Waals surface area contributed by atoms with Crippen molar-refractivity contribution in [3.05, 3.63) is 42.1 Å². The van der Waals surface area contributed by atoms with E-state index in [4.69, 9.17) is 0 Å². The van der Waals surface area contributed by atoms with Gasteiger partial charge in [0.15, 0.2) is 0 Å². The standard InChI is InChI=1S/C12H14N2.C2H6/c1-3-14-8-7-12(13-14)11-6-4-5-10(2)9-11;1-2/h4-9H,3H2,1-2H3;1-2H3. The van der Waals surface area contributed by atoms with E-state index in [1.54, 1.807) is 0 Å². The molecule has 2 aromatic rings. The molecule has 1 aromatic heterocycles. The number of benzene rings is 1. The van der Waals surface area contributed by atoms with Gasteiger partial charge in [-0.15, -0.1) is 0 Å². The molecular weight excluding hydrogens is 196 g/mol. The lowest BCUT2D eigenvalue weighted by Gasteiger charge is -1.98. The number of hydrogen-bond acceptors (Lipinski definition) is 1. The molecule has 0 atom stereocenters. The van der Waals surface area contributed by atoms with Gasteiger partial charge in [-0.25, -0.2) is 0 Å². The maximum Gasteiger partial charge on any atom is 0.0923 e. The van der Waals surface area contributed by atoms with Gasteiger partial charge in [0, 0.05) is 18.3 Å². The monoisotopic (exact) mass is 216 g/mol. The minimum absolute atomic E-state index is 0.922. The second kappa shape index (κ2) is 6.11. The van der Waals surface area contributed by atoms with Crippen LogP contribution in [0.2, 0.25) is 0 Å². The van der Waals surface area contributed by atoms with Gasteiger partial charge in [-0.2, -0.15) is 5.10 Å². The van der Waals surface area contributed by atoms with Crippen LogP contribution in [-0.4, -0.2) is 9.78 Å². The normalized spacial score (nSPS) is 9.50. The molecule has 0 aliphatic heterocycles. The molecule has 0 amide bonds. The first-order valence-corrected chi connectivity index (χ1v) is 5.90. The first kappa shape index (κ1) is 12.5. The first-order valence-electron chi connectivity index (χ1n) is 5.90. The maximum atomic E-state index is 4.46. The Labute approximate surface area is 97.9 Å². The molecule has 0 unspecified atom stereocenters. The molecule has 1 heterocycles. The smallest absolute Gasteiger partial charge is 0.0923 e. The molecule has 2 heteroatoms. The number of rotatable bonds is 2. The summed E-state index contributed by atoms with van der Waals surface area (Å²) in [5.74, 6) is 0. The van der Waals surface area contributed by atoms with Crippen molar-refractivity contribution in [2.45, 2.75) is 34.2 Å². The first-order chi connectivity index (χ1) is 7.79. The summed E-state index contributed by atoms with van der Waals surface area (Å²) in [4.78, 5) is 0. The van der Waals surface area contributed by atoms with Gasteiger partial charge in [0.25, 0.3) is 0 Å². The third-order valence-corrected chi connectivity index (χ3v) is 2.28. The second-order valence-electron chi connectivity index (χ2n) is 3.43. The van der Waals surface area contributed by atoms with Crippen LogP contribution in [0.25, 0.3) is 11.3 Å². The van der Waals surface area contributed by atoms with E-state index >= 15 is 0 Å². The van der Waals surface area contributed by atoms with E-state index in [1.165, 1.54) is 11.1 Å². The van der Waals surface area contributed by atoms with Crippen LogP contribution in [0.4, 0.5) is 0 Å². The number of nitrogens with zero attached hydrogens (tertiary/aromatic N) is 2. The van der Waals surface area contributed by atoms with E-state index in [0.29, 0.717) is 0 Å². The molecule has 2 rings (SSSR count). The molecule has 0 saturated heterocycles. The van der Waals surface area contributed by atoms with Crippen LogP contribution in [0.3, 0.4) is 0 Å². The van der Waals surface area contributed by atoms with Crippen LogP contribution < -0.4 is 0 Å². The van der Waals surface area contributed by atoms with Crippen LogP contribution in [0.15, 0.2) is 36.5 Å². The lowest BCUT2D eigenvalue weighted by molar-refractivity contribution is 0.662. The molecule has 0 saturated carbocycles. The molecule has 86 valence electrons. The van der Waals surface area contributed by atoms with Gasteiger partial charge in [-0.1, -0.05) is 37.6 Å². The molecule has 0 bridgehead atoms. The highest BCUT2D eigenvalue weighted by molar-refractivity contribution is 5.59. The highest BCUT2D eigenvalue weighted by atomic mass is 15.3. The Morgan fingerprint density at radius 1 is 1.19 bits per heavy atom. The zero-order valence-corrected chi connectivity index (χ0v) is 10.6. The number of hydrogen-bond donors (Lipinski definition) is 0. The van der Waals surface area contributed by atoms with Crippen LogP contribution in [0.5, 0.6) is 0 Å². The largest absolute Gasteiger partial charge is 0.272 e. The lowest BCUT2D eigenvalue weighted by Crippen LogP contribution is -1.93. The molecule has 0 radical (unpaired) electrons. The molecule has 0 spiro atoms. The van der Waals surface area contributed by atoms with Crippen molar-refractivity contribution in [2.24, 2.45) is 0 Å². The van der Waals surface area contributed by atoms with Crippen LogP contribution >= 0.6 is 0 Å². The average Bonchev–Trinajstić information content (AvgIpc) is 2.80. The van der Waals surface area contributed by atoms with Crippen LogP contribution in [-0.2, 0) is 6.54 Å². The highest BCUT2D eigenvalue weighted by Gasteiger charge is 2.00. The Kier molecular flexibility index (Phi) is 4.77. The van der Waals surface area contributed by atoms with E-state index in [-0.39, 0.29) is 0 Å². The Hall–Kier alpha value is -1.57. The van der Waals surface area contributed by atoms with E-state index in [0.717, 1.165) is 12.2 Å². The Balaban J connectivity index is 0.000000606. The Bertz CT molecular complexity index is 430. The fourth-order valence-electron chi connectivity index (χ4n) is 1.50. The van der Waals surface area contributed by atoms with Gasteiger partial charge >= 0.3 is 0 Å². The van der Waals surface area contributed by atoms with Gasteiger partial charge in [-0.05, 0) is 26.0 Å². The van der Waals surface area contributed by atoms with E-state index in [2.05, 4.69) is 49.3 Å². The molecule has 0 N–H and O–H groups in total. The summed E-state index contributed by atoms with van der Waals surface area (Å²) in [6.07, 6.45) is 2.01. The summed E-state index contributed by atoms with van der Waals surface area (Å²) >= 11 is 0. The molecular formula is C14H20N2. The Morgan fingerprint density at radius 2 is 1.94 bits per heavy atom. The lowest BCUT2D eigenvalue weighted by atomic mass is 10.1. The minimum atomic E-state index is 0.922. The molecule has 0 fully saturated rings. The average molecular weight is 216 g/mol. The SMILES string of the molecule is CC.CCn1ccc(-c2cccc(C)c2)n1. The molecule has 0 aliphatic carbocycles. The van der Waals surface area contributed by atoms with Crippen LogP contribution in [0.1, 0.15) is 26.3 Å². The van der Waals surface area contributed by atoms with E-state index in [9.17, 15) is 0 Å². The topological polar surface area (TPSA) is 17.8 Å². The van der Waals surface area contributed by atoms with Crippen molar-refractivity contribution in [1.29, 1.82) is 0 Å². The van der Waals surface area contributed by atoms with Crippen molar-refractivity contribution < 1.29 is 0 Å². The van der Waals surface area contributed by atoms with Gasteiger partial charge in [0.05, 0.1) is 5.69 Å². The quantitative estimate of drug-likeness (QED) is 0.744. The van der Waals surface area contributed by atoms with Gasteiger partial charge in [-0.3, -0.25) is 4.68 Å². The third kappa shape index (κ3) is 2.96. The minimum Gasteiger partial charge on any atom is -0.272 e. The Morgan fingerprint density at radius 3 is 2.50 bits per heavy atom. The number of aromatic nitrogens is 2. The predicted molar refractivity (Wildman–Crippen MR) is 69.4 cm³/mol. The predicted octanol–water partition coefficient (Wildman–Crippen LogP) is 3.90. The molecule has 1 aromatic carbocycles. The van der Waals surface area contributed by atoms with Crippen molar-refractivity contribution in [3.8, 4) is 11.3 Å². The highest BCUT2D eigenvalue weighted by Crippen LogP contribution is 2.17. The van der Waals surface area contributed by atoms with Crippen LogP contribution in [0, 0.1) is 6.92 Å². The van der Waals surface area contributed by atoms with Gasteiger partial charge in [0.1, 0.15) is 0 Å². The zero-order chi connectivity index (χ0) is 12.0. The van der Waals surface area contributed by atoms with E-state index in [1.807, 2.05) is 24.7 Å². The maximum absolute atomic E-state index is 4.46. The summed E-state index contributed by atoms with van der Waals surface area (Å²) < 4.78 is 1.94. The van der Waals surface area contributed by atoms with Crippen molar-refractivity contribution in [3.63, 3.8) is 0 Å². The number of aryl methyl sites for hydroxylation is 2. The summed E-state index contributed by atoms with van der Waals surface area (Å²) in [6, 6.07) is 10.5. The molecule has 2 nitrogen and oxygen atoms in total. The molecule has 16 heavy (non-hydrogen) atoms. The van der Waals surface area contributed by atoms with Crippen molar-refractivity contribution in [1.82, 2.24) is 9.78 Å². The molecule has 0 aliphatic rings. The van der Waals surface area contributed by atoms with Gasteiger partial charge < -0.3 is 0 Å². The van der Waals surface area contributed by atoms with E-state index < -0.39 is 0 Å². The summed E-state index contributed by atoms with van der Waals surface area (Å²) in [5, 5.41) is 4.46. The third-order valence-electron chi connectivity index (χ3n) is 2.28. The summed E-state index contributed by atoms with van der Waals surface area (Å²) in [7, 11) is 0. The van der Waals surface area contributed by atoms with Crippen molar-refractivity contribution in [2.75, 3.05) is 0 Å². The van der Waals surface area contributed by atoms with Crippen molar-refractivity contribution >= 4 is 0 Å². The summed E-state index contributed by atoms with van der Waals surface area (Å²) in [5.41, 5.74) is 3.52.